The van der Waals surface area contributed by atoms with Gasteiger partial charge >= 0.3 is 0 Å². The molecule has 0 saturated carbocycles. The molecule has 0 fully saturated rings. The molecular weight excluding hydrogens is 339 g/mol. The number of carbonyl (C=O) groups is 1. The number of nitrogens with zero attached hydrogens (tertiary/aromatic N) is 3. The molecule has 25 heavy (non-hydrogen) atoms. The first-order valence-electron chi connectivity index (χ1n) is 7.60. The van der Waals surface area contributed by atoms with Gasteiger partial charge < -0.3 is 5.32 Å². The molecule has 0 aliphatic heterocycles. The van der Waals surface area contributed by atoms with E-state index in [0.717, 1.165) is 4.70 Å². The van der Waals surface area contributed by atoms with E-state index in [0.29, 0.717) is 27.2 Å². The minimum Gasteiger partial charge on any atom is -0.319 e. The third-order valence-electron chi connectivity index (χ3n) is 3.93. The van der Waals surface area contributed by atoms with Crippen LogP contribution in [0.1, 0.15) is 15.2 Å². The first-order chi connectivity index (χ1) is 12.1. The molecule has 4 rings (SSSR count). The Balaban J connectivity index is 1.73. The maximum absolute atomic E-state index is 14.1. The number of carbonyl (C=O) groups excluding carboxylic acids is 1. The molecule has 0 aliphatic rings. The van der Waals surface area contributed by atoms with E-state index in [2.05, 4.69) is 15.6 Å². The van der Waals surface area contributed by atoms with Gasteiger partial charge in [-0.25, -0.2) is 9.07 Å². The van der Waals surface area contributed by atoms with E-state index in [1.165, 1.54) is 17.4 Å². The second-order valence-electron chi connectivity index (χ2n) is 5.49. The average Bonchev–Trinajstić information content (AvgIpc) is 3.24. The van der Waals surface area contributed by atoms with Gasteiger partial charge in [-0.2, -0.15) is 0 Å². The molecule has 124 valence electrons. The summed E-state index contributed by atoms with van der Waals surface area (Å²) in [7, 11) is 0. The van der Waals surface area contributed by atoms with Gasteiger partial charge in [0.25, 0.3) is 5.91 Å². The van der Waals surface area contributed by atoms with Gasteiger partial charge in [0.2, 0.25) is 0 Å². The van der Waals surface area contributed by atoms with Crippen LogP contribution in [-0.2, 0) is 0 Å². The number of thiophene rings is 1. The molecule has 0 radical (unpaired) electrons. The van der Waals surface area contributed by atoms with Crippen molar-refractivity contribution in [1.29, 1.82) is 0 Å². The van der Waals surface area contributed by atoms with Crippen LogP contribution >= 0.6 is 11.3 Å². The summed E-state index contributed by atoms with van der Waals surface area (Å²) in [5, 5.41) is 11.1. The molecule has 7 heteroatoms. The second-order valence-corrected chi connectivity index (χ2v) is 6.54. The van der Waals surface area contributed by atoms with Crippen molar-refractivity contribution in [2.45, 2.75) is 6.92 Å². The van der Waals surface area contributed by atoms with Gasteiger partial charge in [0.15, 0.2) is 0 Å². The summed E-state index contributed by atoms with van der Waals surface area (Å²) in [6, 6.07) is 12.2. The number of rotatable bonds is 3. The lowest BCUT2D eigenvalue weighted by Crippen LogP contribution is -2.13. The number of aryl methyl sites for hydroxylation is 1. The number of nitrogens with one attached hydrogen (secondary N) is 1. The van der Waals surface area contributed by atoms with Gasteiger partial charge in [-0.3, -0.25) is 4.79 Å². The number of amides is 1. The maximum Gasteiger partial charge on any atom is 0.266 e. The summed E-state index contributed by atoms with van der Waals surface area (Å²) >= 11 is 1.28. The van der Waals surface area contributed by atoms with Crippen LogP contribution < -0.4 is 5.32 Å². The first-order valence-corrected chi connectivity index (χ1v) is 8.41. The van der Waals surface area contributed by atoms with E-state index in [9.17, 15) is 9.18 Å². The van der Waals surface area contributed by atoms with Crippen molar-refractivity contribution < 1.29 is 9.18 Å². The predicted molar refractivity (Wildman–Crippen MR) is 95.8 cm³/mol. The number of anilines is 1. The highest BCUT2D eigenvalue weighted by atomic mass is 32.1. The van der Waals surface area contributed by atoms with Crippen LogP contribution in [0.15, 0.2) is 54.9 Å². The van der Waals surface area contributed by atoms with Crippen molar-refractivity contribution in [3.8, 4) is 5.69 Å². The molecule has 2 aromatic carbocycles. The highest BCUT2D eigenvalue weighted by Gasteiger charge is 2.19. The Hall–Kier alpha value is -3.06. The summed E-state index contributed by atoms with van der Waals surface area (Å²) in [6.45, 7) is 1.76. The van der Waals surface area contributed by atoms with Gasteiger partial charge in [0.1, 0.15) is 5.82 Å². The summed E-state index contributed by atoms with van der Waals surface area (Å²) in [5.41, 5.74) is 1.96. The number of fused-ring (bicyclic) bond motifs is 1. The maximum atomic E-state index is 14.1. The summed E-state index contributed by atoms with van der Waals surface area (Å²) in [5.74, 6) is -0.584. The molecular formula is C18H13FN4OS. The number of para-hydroxylation sites is 2. The standard InChI is InChI=1S/C18H13FN4OS/c1-11-16-12(19)5-4-8-15(16)25-17(11)18(24)21-13-6-2-3-7-14(13)23-10-9-20-22-23/h2-10H,1H3,(H,21,24). The molecule has 0 unspecified atom stereocenters. The van der Waals surface area contributed by atoms with Gasteiger partial charge in [-0.15, -0.1) is 16.4 Å². The molecule has 4 aromatic rings. The van der Waals surface area contributed by atoms with Crippen LogP contribution in [0.4, 0.5) is 10.1 Å². The third-order valence-corrected chi connectivity index (χ3v) is 5.19. The molecule has 0 saturated heterocycles. The van der Waals surface area contributed by atoms with Crippen LogP contribution in [0.25, 0.3) is 15.8 Å². The van der Waals surface area contributed by atoms with Crippen molar-refractivity contribution in [2.24, 2.45) is 0 Å². The lowest BCUT2D eigenvalue weighted by atomic mass is 10.1. The van der Waals surface area contributed by atoms with Crippen LogP contribution in [0.2, 0.25) is 0 Å². The van der Waals surface area contributed by atoms with Crippen molar-refractivity contribution in [1.82, 2.24) is 15.0 Å². The topological polar surface area (TPSA) is 59.8 Å². The SMILES string of the molecule is Cc1c(C(=O)Nc2ccccc2-n2ccnn2)sc2cccc(F)c12. The second kappa shape index (κ2) is 6.10. The van der Waals surface area contributed by atoms with Gasteiger partial charge in [-0.05, 0) is 36.8 Å². The van der Waals surface area contributed by atoms with Crippen molar-refractivity contribution in [2.75, 3.05) is 5.32 Å². The summed E-state index contributed by atoms with van der Waals surface area (Å²) in [4.78, 5) is 13.3. The zero-order valence-corrected chi connectivity index (χ0v) is 14.0. The van der Waals surface area contributed by atoms with Gasteiger partial charge in [-0.1, -0.05) is 23.4 Å². The first kappa shape index (κ1) is 15.5. The normalized spacial score (nSPS) is 11.0. The lowest BCUT2D eigenvalue weighted by molar-refractivity contribution is 0.103. The molecule has 0 bridgehead atoms. The fourth-order valence-electron chi connectivity index (χ4n) is 2.76. The number of hydrogen-bond donors (Lipinski definition) is 1. The number of halogens is 1. The quantitative estimate of drug-likeness (QED) is 0.602. The minimum atomic E-state index is -0.312. The van der Waals surface area contributed by atoms with Crippen LogP contribution in [0, 0.1) is 12.7 Å². The van der Waals surface area contributed by atoms with E-state index in [1.807, 2.05) is 24.3 Å². The van der Waals surface area contributed by atoms with Crippen molar-refractivity contribution >= 4 is 33.0 Å². The molecule has 0 atom stereocenters. The molecule has 0 aliphatic carbocycles. The predicted octanol–water partition coefficient (Wildman–Crippen LogP) is 4.18. The van der Waals surface area contributed by atoms with Crippen molar-refractivity contribution in [3.05, 3.63) is 71.1 Å². The zero-order chi connectivity index (χ0) is 17.4. The molecule has 0 spiro atoms. The van der Waals surface area contributed by atoms with Crippen LogP contribution in [0.3, 0.4) is 0 Å². The van der Waals surface area contributed by atoms with Crippen LogP contribution in [0.5, 0.6) is 0 Å². The Kier molecular flexibility index (Phi) is 3.77. The van der Waals surface area contributed by atoms with E-state index in [1.54, 1.807) is 36.1 Å². The fraction of sp³-hybridized carbons (Fsp3) is 0.0556. The van der Waals surface area contributed by atoms with E-state index < -0.39 is 0 Å². The fourth-order valence-corrected chi connectivity index (χ4v) is 3.88. The average molecular weight is 352 g/mol. The number of benzene rings is 2. The van der Waals surface area contributed by atoms with Gasteiger partial charge in [0, 0.05) is 10.1 Å². The van der Waals surface area contributed by atoms with Crippen molar-refractivity contribution in [3.63, 3.8) is 0 Å². The highest BCUT2D eigenvalue weighted by Crippen LogP contribution is 2.33. The molecule has 5 nitrogen and oxygen atoms in total. The van der Waals surface area contributed by atoms with E-state index >= 15 is 0 Å². The smallest absolute Gasteiger partial charge is 0.266 e. The highest BCUT2D eigenvalue weighted by molar-refractivity contribution is 7.21. The molecule has 1 N–H and O–H groups in total. The lowest BCUT2D eigenvalue weighted by Gasteiger charge is -2.10. The van der Waals surface area contributed by atoms with Crippen LogP contribution in [-0.4, -0.2) is 20.9 Å². The Bertz CT molecular complexity index is 1070. The zero-order valence-electron chi connectivity index (χ0n) is 13.2. The Morgan fingerprint density at radius 2 is 2.04 bits per heavy atom. The Morgan fingerprint density at radius 3 is 2.80 bits per heavy atom. The minimum absolute atomic E-state index is 0.273. The third kappa shape index (κ3) is 2.68. The molecule has 1 amide bonds. The molecule has 2 aromatic heterocycles. The Labute approximate surface area is 146 Å². The largest absolute Gasteiger partial charge is 0.319 e. The number of aromatic nitrogens is 3. The van der Waals surface area contributed by atoms with Gasteiger partial charge in [0.05, 0.1) is 28.6 Å². The summed E-state index contributed by atoms with van der Waals surface area (Å²) < 4.78 is 16.4. The number of hydrogen-bond acceptors (Lipinski definition) is 4. The summed E-state index contributed by atoms with van der Waals surface area (Å²) in [6.07, 6.45) is 3.27. The van der Waals surface area contributed by atoms with E-state index in [4.69, 9.17) is 0 Å². The molecule has 2 heterocycles. The monoisotopic (exact) mass is 352 g/mol. The Morgan fingerprint density at radius 1 is 1.20 bits per heavy atom. The van der Waals surface area contributed by atoms with E-state index in [-0.39, 0.29) is 11.7 Å².